The van der Waals surface area contributed by atoms with Crippen molar-refractivity contribution in [3.63, 3.8) is 0 Å². The highest BCUT2D eigenvalue weighted by molar-refractivity contribution is 8.03. The van der Waals surface area contributed by atoms with Crippen molar-refractivity contribution < 1.29 is 5.11 Å². The molecule has 0 aromatic heterocycles. The van der Waals surface area contributed by atoms with Gasteiger partial charge in [-0.05, 0) is 32.3 Å². The number of rotatable bonds is 1. The number of hydrogen-bond acceptors (Lipinski definition) is 3. The topological polar surface area (TPSA) is 23.5 Å². The van der Waals surface area contributed by atoms with Crippen molar-refractivity contribution in [3.8, 4) is 5.75 Å². The second-order valence-electron chi connectivity index (χ2n) is 7.35. The highest BCUT2D eigenvalue weighted by Gasteiger charge is 2.38. The van der Waals surface area contributed by atoms with Gasteiger partial charge in [-0.2, -0.15) is 0 Å². The van der Waals surface area contributed by atoms with E-state index in [4.69, 9.17) is 0 Å². The van der Waals surface area contributed by atoms with E-state index in [1.165, 1.54) is 4.91 Å². The van der Waals surface area contributed by atoms with Crippen molar-refractivity contribution in [1.29, 1.82) is 0 Å². The van der Waals surface area contributed by atoms with E-state index in [1.807, 2.05) is 30.0 Å². The van der Waals surface area contributed by atoms with Crippen LogP contribution in [0.3, 0.4) is 0 Å². The van der Waals surface area contributed by atoms with Crippen LogP contribution in [0.25, 0.3) is 0 Å². The van der Waals surface area contributed by atoms with Gasteiger partial charge < -0.3 is 10.0 Å². The van der Waals surface area contributed by atoms with Crippen molar-refractivity contribution >= 4 is 11.8 Å². The first kappa shape index (κ1) is 15.3. The molecule has 1 aromatic rings. The largest absolute Gasteiger partial charge is 0.508 e. The van der Waals surface area contributed by atoms with E-state index in [0.717, 1.165) is 5.56 Å². The molecule has 0 amide bonds. The van der Waals surface area contributed by atoms with Gasteiger partial charge in [0.05, 0.1) is 0 Å². The lowest BCUT2D eigenvalue weighted by Crippen LogP contribution is -2.37. The summed E-state index contributed by atoms with van der Waals surface area (Å²) in [6, 6.07) is 7.65. The predicted molar refractivity (Wildman–Crippen MR) is 87.6 cm³/mol. The maximum absolute atomic E-state index is 10.2. The molecule has 3 heteroatoms. The number of thioether (sulfide) groups is 1. The maximum atomic E-state index is 10.2. The number of phenolic OH excluding ortho intramolecular Hbond substituents is 1. The number of allylic oxidation sites excluding steroid dienone is 1. The SMILES string of the molecule is CC(C)(C)C1=CN(C(C)(C)C)C(c2ccccc2O)S1. The van der Waals surface area contributed by atoms with Crippen LogP contribution in [0.1, 0.15) is 52.5 Å². The number of phenols is 1. The predicted octanol–water partition coefficient (Wildman–Crippen LogP) is 5.13. The molecule has 1 unspecified atom stereocenters. The molecule has 1 aliphatic rings. The molecule has 0 saturated carbocycles. The van der Waals surface area contributed by atoms with Crippen LogP contribution in [-0.2, 0) is 0 Å². The van der Waals surface area contributed by atoms with Crippen molar-refractivity contribution in [1.82, 2.24) is 4.90 Å². The number of aromatic hydroxyl groups is 1. The third-order valence-electron chi connectivity index (χ3n) is 3.46. The molecule has 0 spiro atoms. The van der Waals surface area contributed by atoms with Gasteiger partial charge in [-0.1, -0.05) is 50.7 Å². The summed E-state index contributed by atoms with van der Waals surface area (Å²) < 4.78 is 0. The summed E-state index contributed by atoms with van der Waals surface area (Å²) >= 11 is 1.85. The van der Waals surface area contributed by atoms with Crippen LogP contribution in [0, 0.1) is 5.41 Å². The Labute approximate surface area is 126 Å². The smallest absolute Gasteiger partial charge is 0.121 e. The third-order valence-corrected chi connectivity index (χ3v) is 5.14. The van der Waals surface area contributed by atoms with Crippen LogP contribution in [-0.4, -0.2) is 15.5 Å². The number of benzene rings is 1. The van der Waals surface area contributed by atoms with Crippen LogP contribution in [0.5, 0.6) is 5.75 Å². The summed E-state index contributed by atoms with van der Waals surface area (Å²) in [5, 5.41) is 10.3. The lowest BCUT2D eigenvalue weighted by Gasteiger charge is -2.37. The lowest BCUT2D eigenvalue weighted by atomic mass is 9.96. The molecule has 1 heterocycles. The summed E-state index contributed by atoms with van der Waals surface area (Å²) in [4.78, 5) is 3.72. The van der Waals surface area contributed by atoms with Gasteiger partial charge in [0.25, 0.3) is 0 Å². The van der Waals surface area contributed by atoms with Gasteiger partial charge in [0.2, 0.25) is 0 Å². The molecule has 20 heavy (non-hydrogen) atoms. The fourth-order valence-corrected chi connectivity index (χ4v) is 3.81. The first-order valence-electron chi connectivity index (χ1n) is 7.06. The summed E-state index contributed by atoms with van der Waals surface area (Å²) in [5.41, 5.74) is 1.14. The van der Waals surface area contributed by atoms with Crippen LogP contribution in [0.15, 0.2) is 35.4 Å². The van der Waals surface area contributed by atoms with Gasteiger partial charge in [-0.15, -0.1) is 0 Å². The van der Waals surface area contributed by atoms with Gasteiger partial charge in [0.15, 0.2) is 0 Å². The maximum Gasteiger partial charge on any atom is 0.121 e. The molecule has 0 saturated heterocycles. The zero-order valence-electron chi connectivity index (χ0n) is 13.3. The normalized spacial score (nSPS) is 20.2. The minimum Gasteiger partial charge on any atom is -0.508 e. The molecule has 0 radical (unpaired) electrons. The van der Waals surface area contributed by atoms with Crippen LogP contribution in [0.2, 0.25) is 0 Å². The molecule has 0 fully saturated rings. The first-order valence-corrected chi connectivity index (χ1v) is 7.94. The Morgan fingerprint density at radius 2 is 1.65 bits per heavy atom. The summed E-state index contributed by atoms with van der Waals surface area (Å²) in [5.74, 6) is 0.378. The van der Waals surface area contributed by atoms with E-state index in [0.29, 0.717) is 5.75 Å². The standard InChI is InChI=1S/C17H25NOS/c1-16(2,3)14-11-18(17(4,5)6)15(20-14)12-9-7-8-10-13(12)19/h7-11,15,19H,1-6H3. The fraction of sp³-hybridized carbons (Fsp3) is 0.529. The number of para-hydroxylation sites is 1. The Morgan fingerprint density at radius 1 is 1.05 bits per heavy atom. The molecule has 2 rings (SSSR count). The Morgan fingerprint density at radius 3 is 2.15 bits per heavy atom. The average Bonchev–Trinajstić information content (AvgIpc) is 2.73. The highest BCUT2D eigenvalue weighted by atomic mass is 32.2. The minimum absolute atomic E-state index is 0.0208. The van der Waals surface area contributed by atoms with E-state index in [9.17, 15) is 5.11 Å². The quantitative estimate of drug-likeness (QED) is 0.776. The van der Waals surface area contributed by atoms with Crippen LogP contribution < -0.4 is 0 Å². The molecule has 1 aliphatic heterocycles. The third kappa shape index (κ3) is 2.98. The fourth-order valence-electron chi connectivity index (χ4n) is 2.23. The Balaban J connectivity index is 2.42. The molecule has 0 aliphatic carbocycles. The van der Waals surface area contributed by atoms with Crippen molar-refractivity contribution in [2.24, 2.45) is 5.41 Å². The number of nitrogens with zero attached hydrogens (tertiary/aromatic N) is 1. The second-order valence-corrected chi connectivity index (χ2v) is 8.47. The summed E-state index contributed by atoms with van der Waals surface area (Å²) in [6.07, 6.45) is 2.27. The lowest BCUT2D eigenvalue weighted by molar-refractivity contribution is 0.193. The zero-order chi connectivity index (χ0) is 15.1. The number of hydrogen-bond donors (Lipinski definition) is 1. The molecule has 1 aromatic carbocycles. The Hall–Kier alpha value is -1.09. The Kier molecular flexibility index (Phi) is 3.85. The summed E-state index contributed by atoms with van der Waals surface area (Å²) in [6.45, 7) is 13.3. The first-order chi connectivity index (χ1) is 9.10. The minimum atomic E-state index is 0.0208. The molecular weight excluding hydrogens is 266 g/mol. The van der Waals surface area contributed by atoms with Gasteiger partial charge in [-0.3, -0.25) is 0 Å². The van der Waals surface area contributed by atoms with Gasteiger partial charge >= 0.3 is 0 Å². The Bertz CT molecular complexity index is 523. The van der Waals surface area contributed by atoms with Crippen LogP contribution >= 0.6 is 11.8 Å². The van der Waals surface area contributed by atoms with Crippen molar-refractivity contribution in [3.05, 3.63) is 40.9 Å². The van der Waals surface area contributed by atoms with E-state index in [1.54, 1.807) is 6.07 Å². The van der Waals surface area contributed by atoms with E-state index in [2.05, 4.69) is 52.6 Å². The van der Waals surface area contributed by atoms with Gasteiger partial charge in [0.1, 0.15) is 11.1 Å². The molecule has 1 N–H and O–H groups in total. The summed E-state index contributed by atoms with van der Waals surface area (Å²) in [7, 11) is 0. The van der Waals surface area contributed by atoms with Crippen LogP contribution in [0.4, 0.5) is 0 Å². The molecule has 110 valence electrons. The van der Waals surface area contributed by atoms with E-state index >= 15 is 0 Å². The monoisotopic (exact) mass is 291 g/mol. The van der Waals surface area contributed by atoms with Gasteiger partial charge in [-0.25, -0.2) is 0 Å². The zero-order valence-corrected chi connectivity index (χ0v) is 14.1. The van der Waals surface area contributed by atoms with E-state index < -0.39 is 0 Å². The van der Waals surface area contributed by atoms with E-state index in [-0.39, 0.29) is 16.3 Å². The highest BCUT2D eigenvalue weighted by Crippen LogP contribution is 2.53. The molecule has 1 atom stereocenters. The van der Waals surface area contributed by atoms with Crippen molar-refractivity contribution in [2.45, 2.75) is 52.5 Å². The molecule has 2 nitrogen and oxygen atoms in total. The average molecular weight is 291 g/mol. The second kappa shape index (κ2) is 5.03. The van der Waals surface area contributed by atoms with Gasteiger partial charge in [0, 0.05) is 22.2 Å². The van der Waals surface area contributed by atoms with Crippen molar-refractivity contribution in [2.75, 3.05) is 0 Å². The molecular formula is C17H25NOS. The molecule has 0 bridgehead atoms.